The summed E-state index contributed by atoms with van der Waals surface area (Å²) >= 11 is 0. The van der Waals surface area contributed by atoms with Crippen LogP contribution in [0.2, 0.25) is 39.3 Å². The van der Waals surface area contributed by atoms with Crippen LogP contribution < -0.4 is 4.43 Å². The Labute approximate surface area is 161 Å². The second-order valence-corrected chi connectivity index (χ2v) is 18.1. The summed E-state index contributed by atoms with van der Waals surface area (Å²) in [6, 6.07) is 19.2. The molecule has 0 spiro atoms. The van der Waals surface area contributed by atoms with Crippen LogP contribution in [-0.4, -0.2) is 16.6 Å². The minimum Gasteiger partial charge on any atom is -0.544 e. The Kier molecular flexibility index (Phi) is 6.21. The molecule has 0 radical (unpaired) electrons. The molecule has 2 rings (SSSR count). The van der Waals surface area contributed by atoms with Crippen molar-refractivity contribution in [1.29, 1.82) is 0 Å². The molecule has 0 saturated carbocycles. The fraction of sp³-hybridized carbons (Fsp3) is 0.455. The highest BCUT2D eigenvalue weighted by molar-refractivity contribution is 6.70. The van der Waals surface area contributed by atoms with Crippen LogP contribution >= 0.6 is 0 Å². The van der Waals surface area contributed by atoms with Gasteiger partial charge in [0, 0.05) is 5.92 Å². The predicted octanol–water partition coefficient (Wildman–Crippen LogP) is 6.77. The Morgan fingerprint density at radius 1 is 0.769 bits per heavy atom. The summed E-state index contributed by atoms with van der Waals surface area (Å²) in [4.78, 5) is 0. The molecule has 0 fully saturated rings. The van der Waals surface area contributed by atoms with Gasteiger partial charge in [0.25, 0.3) is 0 Å². The van der Waals surface area contributed by atoms with Gasteiger partial charge in [0.1, 0.15) is 5.75 Å². The van der Waals surface area contributed by atoms with Crippen molar-refractivity contribution in [2.24, 2.45) is 0 Å². The van der Waals surface area contributed by atoms with E-state index >= 15 is 0 Å². The normalized spacial score (nSPS) is 16.0. The summed E-state index contributed by atoms with van der Waals surface area (Å²) in [5.74, 6) is 1.20. The van der Waals surface area contributed by atoms with Gasteiger partial charge in [-0.15, -0.1) is 0 Å². The van der Waals surface area contributed by atoms with Crippen molar-refractivity contribution in [2.45, 2.75) is 64.6 Å². The van der Waals surface area contributed by atoms with E-state index in [1.807, 2.05) is 0 Å². The fourth-order valence-corrected chi connectivity index (χ4v) is 5.71. The summed E-state index contributed by atoms with van der Waals surface area (Å²) in [6.07, 6.45) is 0. The molecule has 26 heavy (non-hydrogen) atoms. The summed E-state index contributed by atoms with van der Waals surface area (Å²) in [5, 5.41) is 0. The molecule has 2 atom stereocenters. The first kappa shape index (κ1) is 20.9. The van der Waals surface area contributed by atoms with Gasteiger partial charge in [-0.1, -0.05) is 49.4 Å². The predicted molar refractivity (Wildman–Crippen MR) is 117 cm³/mol. The van der Waals surface area contributed by atoms with E-state index in [-0.39, 0.29) is 11.5 Å². The average molecular weight is 387 g/mol. The summed E-state index contributed by atoms with van der Waals surface area (Å²) < 4.78 is 12.9. The molecule has 0 aliphatic rings. The molecule has 0 saturated heterocycles. The van der Waals surface area contributed by atoms with Gasteiger partial charge in [-0.05, 0) is 69.5 Å². The van der Waals surface area contributed by atoms with Gasteiger partial charge in [0.05, 0.1) is 5.60 Å². The van der Waals surface area contributed by atoms with Crippen LogP contribution in [0.15, 0.2) is 54.6 Å². The van der Waals surface area contributed by atoms with Crippen molar-refractivity contribution in [2.75, 3.05) is 0 Å². The summed E-state index contributed by atoms with van der Waals surface area (Å²) in [7, 11) is -3.35. The molecule has 0 N–H and O–H groups in total. The van der Waals surface area contributed by atoms with Gasteiger partial charge in [-0.3, -0.25) is 0 Å². The highest BCUT2D eigenvalue weighted by Gasteiger charge is 2.39. The van der Waals surface area contributed by atoms with Gasteiger partial charge in [-0.2, -0.15) is 0 Å². The third kappa shape index (κ3) is 5.56. The first-order chi connectivity index (χ1) is 11.9. The number of benzene rings is 2. The van der Waals surface area contributed by atoms with Crippen LogP contribution in [-0.2, 0) is 10.0 Å². The zero-order chi connectivity index (χ0) is 19.6. The lowest BCUT2D eigenvalue weighted by molar-refractivity contribution is 0.0528. The maximum Gasteiger partial charge on any atom is 0.242 e. The molecule has 0 heterocycles. The van der Waals surface area contributed by atoms with Gasteiger partial charge in [0.2, 0.25) is 8.32 Å². The molecule has 0 amide bonds. The van der Waals surface area contributed by atoms with E-state index in [2.05, 4.69) is 108 Å². The maximum atomic E-state index is 6.78. The molecule has 0 bridgehead atoms. The van der Waals surface area contributed by atoms with E-state index in [0.29, 0.717) is 0 Å². The molecular weight excluding hydrogens is 352 g/mol. The SMILES string of the molecule is CC(c1ccccc1)C(C)(O[Si](C)(C)C)c1ccc(O[Si](C)(C)C)cc1. The van der Waals surface area contributed by atoms with Crippen LogP contribution in [0, 0.1) is 0 Å². The van der Waals surface area contributed by atoms with Crippen LogP contribution in [0.5, 0.6) is 5.75 Å². The Morgan fingerprint density at radius 3 is 1.77 bits per heavy atom. The molecule has 142 valence electrons. The molecule has 0 aromatic heterocycles. The highest BCUT2D eigenvalue weighted by Crippen LogP contribution is 2.42. The lowest BCUT2D eigenvalue weighted by atomic mass is 9.80. The third-order valence-electron chi connectivity index (χ3n) is 4.50. The quantitative estimate of drug-likeness (QED) is 0.489. The highest BCUT2D eigenvalue weighted by atomic mass is 28.4. The van der Waals surface area contributed by atoms with Crippen molar-refractivity contribution in [3.8, 4) is 5.75 Å². The van der Waals surface area contributed by atoms with Crippen molar-refractivity contribution in [3.05, 3.63) is 65.7 Å². The maximum absolute atomic E-state index is 6.78. The third-order valence-corrected chi connectivity index (χ3v) is 6.38. The topological polar surface area (TPSA) is 18.5 Å². The number of rotatable bonds is 7. The molecule has 2 aromatic carbocycles. The second kappa shape index (κ2) is 7.71. The van der Waals surface area contributed by atoms with E-state index in [1.165, 1.54) is 11.1 Å². The van der Waals surface area contributed by atoms with Crippen LogP contribution in [0.1, 0.15) is 30.9 Å². The summed E-state index contributed by atoms with van der Waals surface area (Å²) in [6.45, 7) is 17.9. The Bertz CT molecular complexity index is 700. The Morgan fingerprint density at radius 2 is 1.31 bits per heavy atom. The van der Waals surface area contributed by atoms with E-state index < -0.39 is 16.6 Å². The number of hydrogen-bond donors (Lipinski definition) is 0. The van der Waals surface area contributed by atoms with E-state index in [9.17, 15) is 0 Å². The lowest BCUT2D eigenvalue weighted by Gasteiger charge is -2.41. The van der Waals surface area contributed by atoms with Gasteiger partial charge < -0.3 is 8.85 Å². The Balaban J connectivity index is 2.41. The largest absolute Gasteiger partial charge is 0.544 e. The lowest BCUT2D eigenvalue weighted by Crippen LogP contribution is -2.42. The monoisotopic (exact) mass is 386 g/mol. The van der Waals surface area contributed by atoms with Gasteiger partial charge in [0.15, 0.2) is 8.32 Å². The zero-order valence-electron chi connectivity index (χ0n) is 17.6. The van der Waals surface area contributed by atoms with E-state index in [4.69, 9.17) is 8.85 Å². The van der Waals surface area contributed by atoms with Gasteiger partial charge in [-0.25, -0.2) is 0 Å². The second-order valence-electron chi connectivity index (χ2n) is 9.19. The van der Waals surface area contributed by atoms with E-state index in [0.717, 1.165) is 5.75 Å². The fourth-order valence-electron chi connectivity index (χ4n) is 3.30. The average Bonchev–Trinajstić information content (AvgIpc) is 2.52. The molecule has 2 unspecified atom stereocenters. The molecule has 4 heteroatoms. The van der Waals surface area contributed by atoms with Crippen LogP contribution in [0.25, 0.3) is 0 Å². The van der Waals surface area contributed by atoms with Crippen molar-refractivity contribution in [1.82, 2.24) is 0 Å². The molecule has 0 aliphatic heterocycles. The van der Waals surface area contributed by atoms with Crippen LogP contribution in [0.3, 0.4) is 0 Å². The van der Waals surface area contributed by atoms with E-state index in [1.54, 1.807) is 0 Å². The standard InChI is InChI=1S/C22H34O2Si2/c1-18(19-12-10-9-11-13-19)22(2,24-26(6,7)8)20-14-16-21(17-15-20)23-25(3,4)5/h9-18H,1-8H3. The van der Waals surface area contributed by atoms with Crippen molar-refractivity contribution >= 4 is 16.6 Å². The van der Waals surface area contributed by atoms with Gasteiger partial charge >= 0.3 is 0 Å². The first-order valence-electron chi connectivity index (χ1n) is 9.45. The van der Waals surface area contributed by atoms with Crippen molar-refractivity contribution < 1.29 is 8.85 Å². The molecular formula is C22H34O2Si2. The smallest absolute Gasteiger partial charge is 0.242 e. The minimum absolute atomic E-state index is 0.249. The zero-order valence-corrected chi connectivity index (χ0v) is 19.6. The minimum atomic E-state index is -1.75. The Hall–Kier alpha value is -1.37. The molecule has 2 aromatic rings. The molecule has 2 nitrogen and oxygen atoms in total. The number of hydrogen-bond acceptors (Lipinski definition) is 2. The molecule has 0 aliphatic carbocycles. The summed E-state index contributed by atoms with van der Waals surface area (Å²) in [5.41, 5.74) is 2.14. The van der Waals surface area contributed by atoms with Crippen molar-refractivity contribution in [3.63, 3.8) is 0 Å². The first-order valence-corrected chi connectivity index (χ1v) is 16.3. The van der Waals surface area contributed by atoms with Crippen LogP contribution in [0.4, 0.5) is 0 Å².